The van der Waals surface area contributed by atoms with Crippen LogP contribution in [0.5, 0.6) is 11.5 Å². The lowest BCUT2D eigenvalue weighted by molar-refractivity contribution is -0.386. The third-order valence-electron chi connectivity index (χ3n) is 3.96. The Morgan fingerprint density at radius 1 is 1.32 bits per heavy atom. The van der Waals surface area contributed by atoms with Gasteiger partial charge in [0.1, 0.15) is 0 Å². The zero-order valence-electron chi connectivity index (χ0n) is 13.0. The average molecular weight is 309 g/mol. The number of nitrogens with one attached hydrogen (secondary N) is 1. The van der Waals surface area contributed by atoms with E-state index in [2.05, 4.69) is 24.1 Å². The molecule has 1 atom stereocenters. The van der Waals surface area contributed by atoms with Gasteiger partial charge in [0.15, 0.2) is 5.75 Å². The van der Waals surface area contributed by atoms with Crippen LogP contribution >= 0.6 is 0 Å². The van der Waals surface area contributed by atoms with Crippen LogP contribution in [-0.4, -0.2) is 46.2 Å². The Balaban J connectivity index is 2.39. The van der Waals surface area contributed by atoms with E-state index in [0.29, 0.717) is 11.5 Å². The molecule has 3 N–H and O–H groups in total. The number of piperazine rings is 1. The summed E-state index contributed by atoms with van der Waals surface area (Å²) in [5, 5.41) is 33.8. The molecule has 1 aromatic carbocycles. The lowest BCUT2D eigenvalue weighted by Gasteiger charge is -2.36. The summed E-state index contributed by atoms with van der Waals surface area (Å²) in [6, 6.07) is 2.81. The topological polar surface area (TPSA) is 98.9 Å². The van der Waals surface area contributed by atoms with E-state index in [0.717, 1.165) is 32.6 Å². The molecule has 0 amide bonds. The fourth-order valence-corrected chi connectivity index (χ4v) is 2.89. The van der Waals surface area contributed by atoms with Crippen molar-refractivity contribution in [2.24, 2.45) is 5.92 Å². The Bertz CT molecular complexity index is 542. The second kappa shape index (κ2) is 6.93. The van der Waals surface area contributed by atoms with Crippen molar-refractivity contribution in [2.75, 3.05) is 26.2 Å². The van der Waals surface area contributed by atoms with Gasteiger partial charge < -0.3 is 15.5 Å². The average Bonchev–Trinajstić information content (AvgIpc) is 2.48. The molecule has 1 aliphatic heterocycles. The van der Waals surface area contributed by atoms with Crippen LogP contribution in [0.4, 0.5) is 5.69 Å². The van der Waals surface area contributed by atoms with Crippen molar-refractivity contribution in [2.45, 2.75) is 26.3 Å². The highest BCUT2D eigenvalue weighted by molar-refractivity contribution is 5.57. The van der Waals surface area contributed by atoms with E-state index < -0.39 is 22.1 Å². The Morgan fingerprint density at radius 3 is 2.50 bits per heavy atom. The van der Waals surface area contributed by atoms with Gasteiger partial charge in [-0.15, -0.1) is 0 Å². The van der Waals surface area contributed by atoms with Crippen molar-refractivity contribution < 1.29 is 15.1 Å². The van der Waals surface area contributed by atoms with Crippen LogP contribution in [0.25, 0.3) is 0 Å². The Morgan fingerprint density at radius 2 is 1.95 bits per heavy atom. The predicted molar refractivity (Wildman–Crippen MR) is 83.1 cm³/mol. The number of nitro groups is 1. The number of benzene rings is 1. The van der Waals surface area contributed by atoms with Crippen LogP contribution in [0.2, 0.25) is 0 Å². The van der Waals surface area contributed by atoms with Gasteiger partial charge in [-0.1, -0.05) is 13.8 Å². The Labute approximate surface area is 129 Å². The van der Waals surface area contributed by atoms with Gasteiger partial charge in [0, 0.05) is 38.3 Å². The highest BCUT2D eigenvalue weighted by Crippen LogP contribution is 2.40. The Hall–Kier alpha value is -1.86. The minimum absolute atomic E-state index is 0.00713. The van der Waals surface area contributed by atoms with Crippen LogP contribution in [0.3, 0.4) is 0 Å². The maximum atomic E-state index is 11.1. The maximum absolute atomic E-state index is 11.1. The van der Waals surface area contributed by atoms with E-state index in [-0.39, 0.29) is 6.04 Å². The molecular weight excluding hydrogens is 286 g/mol. The molecule has 22 heavy (non-hydrogen) atoms. The van der Waals surface area contributed by atoms with Crippen LogP contribution < -0.4 is 5.32 Å². The highest BCUT2D eigenvalue weighted by atomic mass is 16.6. The third kappa shape index (κ3) is 3.66. The zero-order valence-corrected chi connectivity index (χ0v) is 13.0. The van der Waals surface area contributed by atoms with E-state index in [1.54, 1.807) is 0 Å². The zero-order chi connectivity index (χ0) is 16.3. The Kier molecular flexibility index (Phi) is 5.20. The molecule has 1 aliphatic rings. The van der Waals surface area contributed by atoms with Crippen molar-refractivity contribution in [3.63, 3.8) is 0 Å². The quantitative estimate of drug-likeness (QED) is 0.437. The molecule has 7 nitrogen and oxygen atoms in total. The molecule has 1 heterocycles. The van der Waals surface area contributed by atoms with Gasteiger partial charge in [0.05, 0.1) is 4.92 Å². The summed E-state index contributed by atoms with van der Waals surface area (Å²) in [4.78, 5) is 12.7. The SMILES string of the molecule is CC(C)C[C@H](c1cc(O)c(O)c([N+](=O)[O-])c1)N1CCNCC1. The van der Waals surface area contributed by atoms with Crippen LogP contribution in [0, 0.1) is 16.0 Å². The number of phenols is 2. The standard InChI is InChI=1S/C15H23N3O4/c1-10(2)7-12(17-5-3-16-4-6-17)11-8-13(18(21)22)15(20)14(19)9-11/h8-10,12,16,19-20H,3-7H2,1-2H3/t12-/m1/s1. The first-order valence-corrected chi connectivity index (χ1v) is 7.55. The van der Waals surface area contributed by atoms with Gasteiger partial charge in [-0.3, -0.25) is 15.0 Å². The summed E-state index contributed by atoms with van der Waals surface area (Å²) >= 11 is 0. The second-order valence-corrected chi connectivity index (χ2v) is 6.10. The third-order valence-corrected chi connectivity index (χ3v) is 3.96. The van der Waals surface area contributed by atoms with Gasteiger partial charge in [0.2, 0.25) is 5.75 Å². The molecule has 1 saturated heterocycles. The van der Waals surface area contributed by atoms with E-state index in [1.165, 1.54) is 12.1 Å². The lowest BCUT2D eigenvalue weighted by atomic mass is 9.94. The molecular formula is C15H23N3O4. The molecule has 0 aliphatic carbocycles. The van der Waals surface area contributed by atoms with Gasteiger partial charge >= 0.3 is 5.69 Å². The molecule has 122 valence electrons. The highest BCUT2D eigenvalue weighted by Gasteiger charge is 2.27. The van der Waals surface area contributed by atoms with Crippen LogP contribution in [0.15, 0.2) is 12.1 Å². The van der Waals surface area contributed by atoms with Gasteiger partial charge in [-0.2, -0.15) is 0 Å². The number of hydrogen-bond donors (Lipinski definition) is 3. The second-order valence-electron chi connectivity index (χ2n) is 6.10. The first-order valence-electron chi connectivity index (χ1n) is 7.55. The maximum Gasteiger partial charge on any atom is 0.314 e. The number of hydrogen-bond acceptors (Lipinski definition) is 6. The van der Waals surface area contributed by atoms with E-state index in [4.69, 9.17) is 0 Å². The number of nitrogens with zero attached hydrogens (tertiary/aromatic N) is 2. The fourth-order valence-electron chi connectivity index (χ4n) is 2.89. The summed E-state index contributed by atoms with van der Waals surface area (Å²) in [5.41, 5.74) is 0.233. The first-order chi connectivity index (χ1) is 10.4. The first kappa shape index (κ1) is 16.5. The smallest absolute Gasteiger partial charge is 0.314 e. The summed E-state index contributed by atoms with van der Waals surface area (Å²) < 4.78 is 0. The molecule has 0 aromatic heterocycles. The van der Waals surface area contributed by atoms with Crippen LogP contribution in [0.1, 0.15) is 31.9 Å². The number of nitro benzene ring substituents is 1. The summed E-state index contributed by atoms with van der Waals surface area (Å²) in [5.74, 6) is -0.694. The van der Waals surface area contributed by atoms with Gasteiger partial charge in [-0.25, -0.2) is 0 Å². The molecule has 2 rings (SSSR count). The van der Waals surface area contributed by atoms with Crippen molar-refractivity contribution >= 4 is 5.69 Å². The van der Waals surface area contributed by atoms with Crippen molar-refractivity contribution in [3.05, 3.63) is 27.8 Å². The molecule has 0 radical (unpaired) electrons. The minimum Gasteiger partial charge on any atom is -0.504 e. The molecule has 1 fully saturated rings. The van der Waals surface area contributed by atoms with E-state index in [9.17, 15) is 20.3 Å². The number of phenolic OH excluding ortho intramolecular Hbond substituents is 2. The molecule has 0 spiro atoms. The number of rotatable bonds is 5. The molecule has 0 bridgehead atoms. The van der Waals surface area contributed by atoms with Gasteiger partial charge in [-0.05, 0) is 24.0 Å². The monoisotopic (exact) mass is 309 g/mol. The van der Waals surface area contributed by atoms with E-state index >= 15 is 0 Å². The number of aromatic hydroxyl groups is 2. The largest absolute Gasteiger partial charge is 0.504 e. The lowest BCUT2D eigenvalue weighted by Crippen LogP contribution is -2.45. The van der Waals surface area contributed by atoms with Crippen molar-refractivity contribution in [1.82, 2.24) is 10.2 Å². The normalized spacial score (nSPS) is 17.6. The summed E-state index contributed by atoms with van der Waals surface area (Å²) in [6.45, 7) is 7.66. The summed E-state index contributed by atoms with van der Waals surface area (Å²) in [6.07, 6.45) is 0.835. The van der Waals surface area contributed by atoms with Crippen LogP contribution in [-0.2, 0) is 0 Å². The molecule has 1 aromatic rings. The van der Waals surface area contributed by atoms with E-state index in [1.807, 2.05) is 0 Å². The minimum atomic E-state index is -0.669. The molecule has 0 unspecified atom stereocenters. The van der Waals surface area contributed by atoms with Crippen molar-refractivity contribution in [1.29, 1.82) is 0 Å². The molecule has 0 saturated carbocycles. The van der Waals surface area contributed by atoms with Gasteiger partial charge in [0.25, 0.3) is 0 Å². The fraction of sp³-hybridized carbons (Fsp3) is 0.600. The summed E-state index contributed by atoms with van der Waals surface area (Å²) in [7, 11) is 0. The molecule has 7 heteroatoms. The van der Waals surface area contributed by atoms with Crippen molar-refractivity contribution in [3.8, 4) is 11.5 Å². The predicted octanol–water partition coefficient (Wildman–Crippen LogP) is 2.00.